The highest BCUT2D eigenvalue weighted by atomic mass is 16.5. The van der Waals surface area contributed by atoms with Crippen LogP contribution in [0.25, 0.3) is 0 Å². The van der Waals surface area contributed by atoms with Crippen LogP contribution in [0.3, 0.4) is 0 Å². The molecule has 0 atom stereocenters. The second-order valence-corrected chi connectivity index (χ2v) is 9.33. The van der Waals surface area contributed by atoms with Crippen LogP contribution in [0.2, 0.25) is 0 Å². The molecule has 0 N–H and O–H groups in total. The zero-order valence-electron chi connectivity index (χ0n) is 20.4. The first-order chi connectivity index (χ1) is 14.3. The predicted molar refractivity (Wildman–Crippen MR) is 130 cm³/mol. The van der Waals surface area contributed by atoms with Crippen LogP contribution in [0.4, 0.5) is 0 Å². The first-order valence-electron chi connectivity index (χ1n) is 11.8. The van der Waals surface area contributed by atoms with Gasteiger partial charge >= 0.3 is 5.97 Å². The standard InChI is InChI=1S/C28H44O2/c1-7-8-9-10-11-17-27(29)30-22-20-24(3)15-12-14-23(2)18-19-26-25(4)16-13-21-28(26,5)6/h12,14-15,18-20H,7-11,13,16-17,21-22H2,1-6H3. The smallest absolute Gasteiger partial charge is 0.306 e. The molecular weight excluding hydrogens is 368 g/mol. The summed E-state index contributed by atoms with van der Waals surface area (Å²) in [4.78, 5) is 11.7. The molecule has 0 bridgehead atoms. The molecule has 0 aromatic carbocycles. The Kier molecular flexibility index (Phi) is 12.4. The van der Waals surface area contributed by atoms with Crippen molar-refractivity contribution >= 4 is 5.97 Å². The third kappa shape index (κ3) is 10.8. The molecule has 2 nitrogen and oxygen atoms in total. The average Bonchev–Trinajstić information content (AvgIpc) is 2.67. The first kappa shape index (κ1) is 26.2. The maximum atomic E-state index is 11.7. The topological polar surface area (TPSA) is 26.3 Å². The molecule has 1 aliphatic carbocycles. The van der Waals surface area contributed by atoms with Crippen LogP contribution in [0.5, 0.6) is 0 Å². The van der Waals surface area contributed by atoms with E-state index in [-0.39, 0.29) is 11.4 Å². The van der Waals surface area contributed by atoms with Crippen molar-refractivity contribution < 1.29 is 9.53 Å². The van der Waals surface area contributed by atoms with E-state index < -0.39 is 0 Å². The van der Waals surface area contributed by atoms with Crippen molar-refractivity contribution in [3.8, 4) is 0 Å². The highest BCUT2D eigenvalue weighted by molar-refractivity contribution is 5.69. The zero-order chi connectivity index (χ0) is 22.4. The van der Waals surface area contributed by atoms with Crippen LogP contribution < -0.4 is 0 Å². The summed E-state index contributed by atoms with van der Waals surface area (Å²) < 4.78 is 5.30. The van der Waals surface area contributed by atoms with Crippen molar-refractivity contribution in [1.82, 2.24) is 0 Å². The lowest BCUT2D eigenvalue weighted by molar-refractivity contribution is -0.142. The van der Waals surface area contributed by atoms with Crippen LogP contribution in [-0.4, -0.2) is 12.6 Å². The van der Waals surface area contributed by atoms with Gasteiger partial charge in [-0.15, -0.1) is 0 Å². The summed E-state index contributed by atoms with van der Waals surface area (Å²) >= 11 is 0. The van der Waals surface area contributed by atoms with Crippen LogP contribution in [-0.2, 0) is 9.53 Å². The molecule has 0 heterocycles. The number of unbranched alkanes of at least 4 members (excludes halogenated alkanes) is 4. The molecule has 0 aromatic rings. The van der Waals surface area contributed by atoms with Gasteiger partial charge in [0.1, 0.15) is 6.61 Å². The van der Waals surface area contributed by atoms with Gasteiger partial charge in [-0.25, -0.2) is 0 Å². The number of esters is 1. The molecule has 168 valence electrons. The summed E-state index contributed by atoms with van der Waals surface area (Å²) in [7, 11) is 0. The molecule has 30 heavy (non-hydrogen) atoms. The molecule has 0 aliphatic heterocycles. The molecule has 0 fully saturated rings. The largest absolute Gasteiger partial charge is 0.461 e. The third-order valence-electron chi connectivity index (χ3n) is 5.91. The molecule has 1 aliphatic rings. The Balaban J connectivity index is 2.42. The fourth-order valence-electron chi connectivity index (χ4n) is 3.91. The van der Waals surface area contributed by atoms with Gasteiger partial charge in [0.05, 0.1) is 0 Å². The number of rotatable bonds is 12. The number of carbonyl (C=O) groups excluding carboxylic acids is 1. The van der Waals surface area contributed by atoms with E-state index in [1.165, 1.54) is 55.2 Å². The monoisotopic (exact) mass is 412 g/mol. The molecule has 0 saturated carbocycles. The Morgan fingerprint density at radius 3 is 2.50 bits per heavy atom. The average molecular weight is 413 g/mol. The van der Waals surface area contributed by atoms with E-state index in [9.17, 15) is 4.79 Å². The Bertz CT molecular complexity index is 683. The number of hydrogen-bond acceptors (Lipinski definition) is 2. The normalized spacial score (nSPS) is 17.9. The summed E-state index contributed by atoms with van der Waals surface area (Å²) in [5.41, 5.74) is 5.64. The number of allylic oxidation sites excluding steroid dienone is 9. The second kappa shape index (κ2) is 14.2. The van der Waals surface area contributed by atoms with E-state index in [1.54, 1.807) is 0 Å². The van der Waals surface area contributed by atoms with Crippen molar-refractivity contribution in [3.63, 3.8) is 0 Å². The molecule has 1 rings (SSSR count). The minimum atomic E-state index is -0.0874. The Hall–Kier alpha value is -1.83. The van der Waals surface area contributed by atoms with Crippen molar-refractivity contribution in [2.45, 2.75) is 99.3 Å². The van der Waals surface area contributed by atoms with Gasteiger partial charge in [-0.05, 0) is 63.5 Å². The summed E-state index contributed by atoms with van der Waals surface area (Å²) in [5.74, 6) is -0.0874. The third-order valence-corrected chi connectivity index (χ3v) is 5.91. The van der Waals surface area contributed by atoms with E-state index >= 15 is 0 Å². The van der Waals surface area contributed by atoms with E-state index in [2.05, 4.69) is 65.0 Å². The zero-order valence-corrected chi connectivity index (χ0v) is 20.4. The molecule has 0 saturated heterocycles. The lowest BCUT2D eigenvalue weighted by atomic mass is 9.72. The highest BCUT2D eigenvalue weighted by Crippen LogP contribution is 2.40. The van der Waals surface area contributed by atoms with Gasteiger partial charge in [0.15, 0.2) is 0 Å². The summed E-state index contributed by atoms with van der Waals surface area (Å²) in [6.07, 6.45) is 22.8. The minimum Gasteiger partial charge on any atom is -0.461 e. The molecule has 0 unspecified atom stereocenters. The number of carbonyl (C=O) groups is 1. The Labute approximate surface area is 185 Å². The Morgan fingerprint density at radius 1 is 1.07 bits per heavy atom. The highest BCUT2D eigenvalue weighted by Gasteiger charge is 2.26. The summed E-state index contributed by atoms with van der Waals surface area (Å²) in [6.45, 7) is 13.7. The van der Waals surface area contributed by atoms with E-state index in [0.29, 0.717) is 13.0 Å². The van der Waals surface area contributed by atoms with Crippen LogP contribution >= 0.6 is 0 Å². The van der Waals surface area contributed by atoms with Crippen molar-refractivity contribution in [2.24, 2.45) is 5.41 Å². The van der Waals surface area contributed by atoms with Gasteiger partial charge in [-0.3, -0.25) is 4.79 Å². The fraction of sp³-hybridized carbons (Fsp3) is 0.607. The second-order valence-electron chi connectivity index (χ2n) is 9.33. The van der Waals surface area contributed by atoms with Gasteiger partial charge in [0.25, 0.3) is 0 Å². The maximum absolute atomic E-state index is 11.7. The van der Waals surface area contributed by atoms with E-state index in [1.807, 2.05) is 13.0 Å². The fourth-order valence-corrected chi connectivity index (χ4v) is 3.91. The first-order valence-corrected chi connectivity index (χ1v) is 11.8. The molecule has 2 heteroatoms. The lowest BCUT2D eigenvalue weighted by Crippen LogP contribution is -2.19. The van der Waals surface area contributed by atoms with Crippen LogP contribution in [0.15, 0.2) is 58.7 Å². The predicted octanol–water partition coefficient (Wildman–Crippen LogP) is 8.42. The molecule has 0 aromatic heterocycles. The SMILES string of the molecule is CCCCCCCC(=O)OCC=C(C)C=CC=C(C)C=CC1=C(C)CCCC1(C)C. The van der Waals surface area contributed by atoms with Crippen molar-refractivity contribution in [2.75, 3.05) is 6.61 Å². The minimum absolute atomic E-state index is 0.0874. The van der Waals surface area contributed by atoms with Gasteiger partial charge in [0, 0.05) is 6.42 Å². The van der Waals surface area contributed by atoms with Gasteiger partial charge in [-0.2, -0.15) is 0 Å². The molecule has 0 amide bonds. The van der Waals surface area contributed by atoms with E-state index in [4.69, 9.17) is 4.74 Å². The van der Waals surface area contributed by atoms with Crippen LogP contribution in [0.1, 0.15) is 99.3 Å². The van der Waals surface area contributed by atoms with Gasteiger partial charge < -0.3 is 4.74 Å². The van der Waals surface area contributed by atoms with Crippen LogP contribution in [0, 0.1) is 5.41 Å². The lowest BCUT2D eigenvalue weighted by Gasteiger charge is -2.32. The van der Waals surface area contributed by atoms with Gasteiger partial charge in [0.2, 0.25) is 0 Å². The van der Waals surface area contributed by atoms with Gasteiger partial charge in [-0.1, -0.05) is 93.6 Å². The number of ether oxygens (including phenoxy) is 1. The quantitative estimate of drug-likeness (QED) is 0.183. The summed E-state index contributed by atoms with van der Waals surface area (Å²) in [5, 5.41) is 0. The molecule has 0 radical (unpaired) electrons. The number of hydrogen-bond donors (Lipinski definition) is 0. The van der Waals surface area contributed by atoms with E-state index in [0.717, 1.165) is 18.4 Å². The Morgan fingerprint density at radius 2 is 1.80 bits per heavy atom. The van der Waals surface area contributed by atoms with Crippen molar-refractivity contribution in [3.05, 3.63) is 58.7 Å². The molecule has 0 spiro atoms. The van der Waals surface area contributed by atoms with Crippen molar-refractivity contribution in [1.29, 1.82) is 0 Å². The summed E-state index contributed by atoms with van der Waals surface area (Å²) in [6, 6.07) is 0. The molecular formula is C28H44O2. The maximum Gasteiger partial charge on any atom is 0.306 e.